The zero-order chi connectivity index (χ0) is 14.9. The number of carbonyl (C=O) groups is 1. The van der Waals surface area contributed by atoms with Gasteiger partial charge in [-0.05, 0) is 18.2 Å². The topological polar surface area (TPSA) is 43.8 Å². The minimum Gasteiger partial charge on any atom is -0.465 e. The van der Waals surface area contributed by atoms with Crippen LogP contribution in [0.25, 0.3) is 0 Å². The van der Waals surface area contributed by atoms with Gasteiger partial charge in [-0.25, -0.2) is 9.18 Å². The summed E-state index contributed by atoms with van der Waals surface area (Å²) in [6.07, 6.45) is -5.80. The number of rotatable bonds is 1. The lowest BCUT2D eigenvalue weighted by Crippen LogP contribution is -2.48. The lowest BCUT2D eigenvalue weighted by molar-refractivity contribution is -0.139. The first-order valence-corrected chi connectivity index (χ1v) is 5.88. The van der Waals surface area contributed by atoms with Gasteiger partial charge in [0.1, 0.15) is 5.82 Å². The predicted octanol–water partition coefficient (Wildman–Crippen LogP) is 2.64. The van der Waals surface area contributed by atoms with Crippen LogP contribution in [0.1, 0.15) is 5.56 Å². The Morgan fingerprint density at radius 2 is 1.75 bits per heavy atom. The highest BCUT2D eigenvalue weighted by Crippen LogP contribution is 2.34. The molecule has 4 nitrogen and oxygen atoms in total. The number of anilines is 1. The van der Waals surface area contributed by atoms with Gasteiger partial charge in [0.2, 0.25) is 0 Å². The first kappa shape index (κ1) is 14.4. The summed E-state index contributed by atoms with van der Waals surface area (Å²) in [5, 5.41) is 8.79. The molecule has 110 valence electrons. The van der Waals surface area contributed by atoms with Crippen LogP contribution in [-0.2, 0) is 6.18 Å². The van der Waals surface area contributed by atoms with Crippen molar-refractivity contribution in [3.8, 4) is 0 Å². The third-order valence-electron chi connectivity index (χ3n) is 3.17. The van der Waals surface area contributed by atoms with Gasteiger partial charge in [0.25, 0.3) is 0 Å². The van der Waals surface area contributed by atoms with E-state index in [1.807, 2.05) is 0 Å². The second-order valence-electron chi connectivity index (χ2n) is 4.42. The van der Waals surface area contributed by atoms with E-state index in [-0.39, 0.29) is 31.9 Å². The van der Waals surface area contributed by atoms with Crippen molar-refractivity contribution in [3.05, 3.63) is 29.6 Å². The highest BCUT2D eigenvalue weighted by atomic mass is 19.4. The summed E-state index contributed by atoms with van der Waals surface area (Å²) in [6, 6.07) is 2.80. The summed E-state index contributed by atoms with van der Waals surface area (Å²) in [6.45, 7) is 0.951. The molecule has 20 heavy (non-hydrogen) atoms. The Labute approximate surface area is 112 Å². The van der Waals surface area contributed by atoms with Gasteiger partial charge in [0, 0.05) is 31.9 Å². The van der Waals surface area contributed by atoms with E-state index in [9.17, 15) is 22.4 Å². The Bertz CT molecular complexity index is 511. The fraction of sp³-hybridized carbons (Fsp3) is 0.417. The van der Waals surface area contributed by atoms with Gasteiger partial charge < -0.3 is 14.9 Å². The van der Waals surface area contributed by atoms with Crippen molar-refractivity contribution < 1.29 is 27.5 Å². The Morgan fingerprint density at radius 1 is 1.15 bits per heavy atom. The first-order valence-electron chi connectivity index (χ1n) is 5.88. The van der Waals surface area contributed by atoms with Crippen LogP contribution < -0.4 is 4.90 Å². The van der Waals surface area contributed by atoms with Crippen molar-refractivity contribution in [2.75, 3.05) is 31.1 Å². The Hall–Kier alpha value is -1.99. The number of piperazine rings is 1. The van der Waals surface area contributed by atoms with Gasteiger partial charge in [0.05, 0.1) is 5.56 Å². The van der Waals surface area contributed by atoms with Crippen LogP contribution in [0.5, 0.6) is 0 Å². The third kappa shape index (κ3) is 2.94. The summed E-state index contributed by atoms with van der Waals surface area (Å²) >= 11 is 0. The van der Waals surface area contributed by atoms with Gasteiger partial charge in [-0.2, -0.15) is 13.2 Å². The highest BCUT2D eigenvalue weighted by molar-refractivity contribution is 5.65. The molecule has 0 aliphatic carbocycles. The number of nitrogens with zero attached hydrogens (tertiary/aromatic N) is 2. The predicted molar refractivity (Wildman–Crippen MR) is 63.2 cm³/mol. The molecular weight excluding hydrogens is 280 g/mol. The summed E-state index contributed by atoms with van der Waals surface area (Å²) in [7, 11) is 0. The number of halogens is 4. The van der Waals surface area contributed by atoms with E-state index in [0.29, 0.717) is 0 Å². The van der Waals surface area contributed by atoms with E-state index in [2.05, 4.69) is 0 Å². The zero-order valence-corrected chi connectivity index (χ0v) is 10.3. The molecule has 1 heterocycles. The van der Waals surface area contributed by atoms with Gasteiger partial charge in [-0.1, -0.05) is 0 Å². The van der Waals surface area contributed by atoms with Crippen LogP contribution in [0.2, 0.25) is 0 Å². The number of benzene rings is 1. The summed E-state index contributed by atoms with van der Waals surface area (Å²) < 4.78 is 51.0. The number of amides is 1. The maximum absolute atomic E-state index is 13.2. The molecule has 0 spiro atoms. The fourth-order valence-corrected chi connectivity index (χ4v) is 2.08. The maximum atomic E-state index is 13.2. The molecule has 1 N–H and O–H groups in total. The normalized spacial score (nSPS) is 16.4. The van der Waals surface area contributed by atoms with Gasteiger partial charge in [-0.3, -0.25) is 0 Å². The molecule has 1 fully saturated rings. The van der Waals surface area contributed by atoms with Crippen molar-refractivity contribution in [1.29, 1.82) is 0 Å². The minimum atomic E-state index is -4.75. The van der Waals surface area contributed by atoms with Crippen LogP contribution in [0.4, 0.5) is 28.0 Å². The summed E-state index contributed by atoms with van der Waals surface area (Å²) in [5.41, 5.74) is -1.07. The van der Waals surface area contributed by atoms with Crippen molar-refractivity contribution in [1.82, 2.24) is 4.90 Å². The standard InChI is InChI=1S/C12H12F4N2O2/c13-10-2-1-8(7-9(10)12(14,15)16)17-3-5-18(6-4-17)11(19)20/h1-2,7H,3-6H2,(H,19,20). The lowest BCUT2D eigenvalue weighted by atomic mass is 10.1. The van der Waals surface area contributed by atoms with E-state index >= 15 is 0 Å². The number of hydrogen-bond acceptors (Lipinski definition) is 2. The monoisotopic (exact) mass is 292 g/mol. The largest absolute Gasteiger partial charge is 0.465 e. The molecule has 1 aromatic carbocycles. The maximum Gasteiger partial charge on any atom is 0.419 e. The SMILES string of the molecule is O=C(O)N1CCN(c2ccc(F)c(C(F)(F)F)c2)CC1. The van der Waals surface area contributed by atoms with Crippen LogP contribution in [-0.4, -0.2) is 42.3 Å². The molecular formula is C12H12F4N2O2. The Balaban J connectivity index is 2.17. The van der Waals surface area contributed by atoms with Gasteiger partial charge in [0.15, 0.2) is 0 Å². The van der Waals surface area contributed by atoms with Crippen LogP contribution in [0.15, 0.2) is 18.2 Å². The van der Waals surface area contributed by atoms with Crippen molar-refractivity contribution in [2.45, 2.75) is 6.18 Å². The van der Waals surface area contributed by atoms with Crippen LogP contribution in [0.3, 0.4) is 0 Å². The molecule has 0 aromatic heterocycles. The van der Waals surface area contributed by atoms with E-state index in [4.69, 9.17) is 5.11 Å². The molecule has 0 atom stereocenters. The van der Waals surface area contributed by atoms with Crippen molar-refractivity contribution >= 4 is 11.8 Å². The fourth-order valence-electron chi connectivity index (χ4n) is 2.08. The van der Waals surface area contributed by atoms with Crippen molar-refractivity contribution in [3.63, 3.8) is 0 Å². The van der Waals surface area contributed by atoms with Gasteiger partial charge in [-0.15, -0.1) is 0 Å². The molecule has 1 saturated heterocycles. The molecule has 2 rings (SSSR count). The smallest absolute Gasteiger partial charge is 0.419 e. The average molecular weight is 292 g/mol. The summed E-state index contributed by atoms with van der Waals surface area (Å²) in [5.74, 6) is -1.31. The van der Waals surface area contributed by atoms with Crippen LogP contribution in [0, 0.1) is 5.82 Å². The van der Waals surface area contributed by atoms with E-state index in [0.717, 1.165) is 12.1 Å². The summed E-state index contributed by atoms with van der Waals surface area (Å²) in [4.78, 5) is 13.5. The minimum absolute atomic E-state index is 0.202. The van der Waals surface area contributed by atoms with E-state index in [1.165, 1.54) is 11.0 Å². The highest BCUT2D eigenvalue weighted by Gasteiger charge is 2.34. The average Bonchev–Trinajstić information content (AvgIpc) is 2.38. The van der Waals surface area contributed by atoms with E-state index < -0.39 is 23.7 Å². The molecule has 0 unspecified atom stereocenters. The second kappa shape index (κ2) is 5.18. The van der Waals surface area contributed by atoms with Crippen molar-refractivity contribution in [2.24, 2.45) is 0 Å². The lowest BCUT2D eigenvalue weighted by Gasteiger charge is -2.34. The molecule has 1 amide bonds. The second-order valence-corrected chi connectivity index (χ2v) is 4.42. The molecule has 8 heteroatoms. The number of carboxylic acid groups (broad SMARTS) is 1. The van der Waals surface area contributed by atoms with E-state index in [1.54, 1.807) is 4.90 Å². The van der Waals surface area contributed by atoms with Crippen LogP contribution >= 0.6 is 0 Å². The molecule has 1 aromatic rings. The zero-order valence-electron chi connectivity index (χ0n) is 10.3. The molecule has 1 aliphatic heterocycles. The first-order chi connectivity index (χ1) is 9.29. The quantitative estimate of drug-likeness (QED) is 0.809. The number of alkyl halides is 3. The number of hydrogen-bond donors (Lipinski definition) is 1. The molecule has 0 bridgehead atoms. The Morgan fingerprint density at radius 3 is 2.25 bits per heavy atom. The molecule has 1 aliphatic rings. The van der Waals surface area contributed by atoms with Gasteiger partial charge >= 0.3 is 12.3 Å². The Kier molecular flexibility index (Phi) is 3.74. The molecule has 0 saturated carbocycles. The third-order valence-corrected chi connectivity index (χ3v) is 3.17. The molecule has 0 radical (unpaired) electrons.